The van der Waals surface area contributed by atoms with Gasteiger partial charge < -0.3 is 14.6 Å². The Morgan fingerprint density at radius 3 is 2.60 bits per heavy atom. The summed E-state index contributed by atoms with van der Waals surface area (Å²) in [5, 5.41) is 19.9. The summed E-state index contributed by atoms with van der Waals surface area (Å²) in [5.41, 5.74) is -0.758. The quantitative estimate of drug-likeness (QED) is 0.484. The van der Waals surface area contributed by atoms with Crippen LogP contribution >= 0.6 is 0 Å². The maximum atomic E-state index is 11.5. The monoisotopic (exact) mass is 283 g/mol. The molecule has 0 saturated heterocycles. The molecule has 1 rings (SSSR count). The molecule has 0 atom stereocenters. The van der Waals surface area contributed by atoms with E-state index in [0.29, 0.717) is 5.56 Å². The molecule has 0 heterocycles. The molecule has 0 radical (unpaired) electrons. The number of rotatable bonds is 6. The standard InChI is InChI=1S/C13H17NO6/c1-13(2,12(16)19-3)8-20-11-5-4-9(7-15)6-10(11)14(17)18/h4-6,15H,7-8H2,1-3H3. The van der Waals surface area contributed by atoms with Crippen molar-refractivity contribution in [2.24, 2.45) is 5.41 Å². The molecular formula is C13H17NO6. The zero-order valence-electron chi connectivity index (χ0n) is 11.6. The van der Waals surface area contributed by atoms with Crippen LogP contribution in [0, 0.1) is 15.5 Å². The number of carbonyl (C=O) groups excluding carboxylic acids is 1. The zero-order chi connectivity index (χ0) is 15.3. The number of esters is 1. The van der Waals surface area contributed by atoms with E-state index in [-0.39, 0.29) is 24.7 Å². The van der Waals surface area contributed by atoms with Crippen LogP contribution in [0.1, 0.15) is 19.4 Å². The van der Waals surface area contributed by atoms with Gasteiger partial charge in [-0.15, -0.1) is 0 Å². The average Bonchev–Trinajstić information content (AvgIpc) is 2.43. The number of aliphatic hydroxyl groups is 1. The highest BCUT2D eigenvalue weighted by Gasteiger charge is 2.30. The number of nitrogens with zero attached hydrogens (tertiary/aromatic N) is 1. The second-order valence-corrected chi connectivity index (χ2v) is 4.88. The molecule has 0 saturated carbocycles. The number of benzene rings is 1. The van der Waals surface area contributed by atoms with Crippen molar-refractivity contribution in [1.29, 1.82) is 0 Å². The molecule has 1 N–H and O–H groups in total. The lowest BCUT2D eigenvalue weighted by atomic mass is 9.95. The van der Waals surface area contributed by atoms with Crippen LogP contribution in [0.2, 0.25) is 0 Å². The summed E-state index contributed by atoms with van der Waals surface area (Å²) < 4.78 is 9.99. The third-order valence-electron chi connectivity index (χ3n) is 2.73. The Morgan fingerprint density at radius 1 is 1.45 bits per heavy atom. The maximum absolute atomic E-state index is 11.5. The summed E-state index contributed by atoms with van der Waals surface area (Å²) in [5.74, 6) is -0.420. The van der Waals surface area contributed by atoms with Gasteiger partial charge in [-0.1, -0.05) is 6.07 Å². The van der Waals surface area contributed by atoms with Gasteiger partial charge in [-0.05, 0) is 25.5 Å². The number of ether oxygens (including phenoxy) is 2. The summed E-state index contributed by atoms with van der Waals surface area (Å²) >= 11 is 0. The van der Waals surface area contributed by atoms with E-state index in [1.54, 1.807) is 13.8 Å². The van der Waals surface area contributed by atoms with E-state index in [1.807, 2.05) is 0 Å². The second-order valence-electron chi connectivity index (χ2n) is 4.88. The Balaban J connectivity index is 2.93. The highest BCUT2D eigenvalue weighted by Crippen LogP contribution is 2.30. The first-order chi connectivity index (χ1) is 9.31. The summed E-state index contributed by atoms with van der Waals surface area (Å²) in [6, 6.07) is 4.16. The first-order valence-corrected chi connectivity index (χ1v) is 5.91. The van der Waals surface area contributed by atoms with Crippen LogP contribution in [0.4, 0.5) is 5.69 Å². The van der Waals surface area contributed by atoms with Gasteiger partial charge in [0.05, 0.1) is 24.1 Å². The zero-order valence-corrected chi connectivity index (χ0v) is 11.6. The van der Waals surface area contributed by atoms with Gasteiger partial charge in [0.2, 0.25) is 0 Å². The van der Waals surface area contributed by atoms with Gasteiger partial charge in [-0.3, -0.25) is 14.9 Å². The van der Waals surface area contributed by atoms with E-state index in [0.717, 1.165) is 0 Å². The second kappa shape index (κ2) is 6.33. The highest BCUT2D eigenvalue weighted by molar-refractivity contribution is 5.75. The van der Waals surface area contributed by atoms with Crippen molar-refractivity contribution in [3.8, 4) is 5.75 Å². The minimum absolute atomic E-state index is 0.0455. The van der Waals surface area contributed by atoms with Crippen LogP contribution in [-0.2, 0) is 16.1 Å². The number of aliphatic hydroxyl groups excluding tert-OH is 1. The smallest absolute Gasteiger partial charge is 0.314 e. The van der Waals surface area contributed by atoms with Gasteiger partial charge >= 0.3 is 11.7 Å². The van der Waals surface area contributed by atoms with Gasteiger partial charge in [0.25, 0.3) is 0 Å². The Morgan fingerprint density at radius 2 is 2.10 bits per heavy atom. The van der Waals surface area contributed by atoms with Crippen molar-refractivity contribution in [2.45, 2.75) is 20.5 Å². The third-order valence-corrected chi connectivity index (χ3v) is 2.73. The largest absolute Gasteiger partial charge is 0.486 e. The molecule has 1 aromatic carbocycles. The van der Waals surface area contributed by atoms with E-state index < -0.39 is 16.3 Å². The molecule has 0 fully saturated rings. The first kappa shape index (κ1) is 15.9. The average molecular weight is 283 g/mol. The molecule has 0 amide bonds. The highest BCUT2D eigenvalue weighted by atomic mass is 16.6. The van der Waals surface area contributed by atoms with Crippen molar-refractivity contribution in [3.05, 3.63) is 33.9 Å². The lowest BCUT2D eigenvalue weighted by Crippen LogP contribution is -2.32. The number of nitro benzene ring substituents is 1. The summed E-state index contributed by atoms with van der Waals surface area (Å²) in [7, 11) is 1.27. The SMILES string of the molecule is COC(=O)C(C)(C)COc1ccc(CO)cc1[N+](=O)[O-]. The Kier molecular flexibility index (Phi) is 5.04. The minimum atomic E-state index is -0.918. The van der Waals surface area contributed by atoms with Crippen molar-refractivity contribution in [2.75, 3.05) is 13.7 Å². The van der Waals surface area contributed by atoms with E-state index >= 15 is 0 Å². The van der Waals surface area contributed by atoms with Crippen molar-refractivity contribution in [3.63, 3.8) is 0 Å². The van der Waals surface area contributed by atoms with E-state index in [1.165, 1.54) is 25.3 Å². The lowest BCUT2D eigenvalue weighted by molar-refractivity contribution is -0.386. The number of carbonyl (C=O) groups is 1. The summed E-state index contributed by atoms with van der Waals surface area (Å²) in [6.45, 7) is 2.88. The Labute approximate surface area is 116 Å². The topological polar surface area (TPSA) is 98.9 Å². The molecule has 0 aliphatic carbocycles. The predicted octanol–water partition coefficient (Wildman–Crippen LogP) is 1.67. The number of methoxy groups -OCH3 is 1. The van der Waals surface area contributed by atoms with Gasteiger partial charge in [-0.25, -0.2) is 0 Å². The minimum Gasteiger partial charge on any atom is -0.486 e. The molecule has 7 heteroatoms. The molecule has 0 unspecified atom stereocenters. The molecular weight excluding hydrogens is 266 g/mol. The molecule has 0 aromatic heterocycles. The van der Waals surface area contributed by atoms with Crippen LogP contribution < -0.4 is 4.74 Å². The summed E-state index contributed by atoms with van der Waals surface area (Å²) in [4.78, 5) is 21.9. The fourth-order valence-corrected chi connectivity index (χ4v) is 1.52. The molecule has 0 aliphatic rings. The predicted molar refractivity (Wildman–Crippen MR) is 70.3 cm³/mol. The third kappa shape index (κ3) is 3.67. The number of hydrogen-bond acceptors (Lipinski definition) is 6. The van der Waals surface area contributed by atoms with Crippen LogP contribution in [0.25, 0.3) is 0 Å². The number of hydrogen-bond donors (Lipinski definition) is 1. The van der Waals surface area contributed by atoms with E-state index in [9.17, 15) is 14.9 Å². The Hall–Kier alpha value is -2.15. The molecule has 20 heavy (non-hydrogen) atoms. The maximum Gasteiger partial charge on any atom is 0.314 e. The van der Waals surface area contributed by atoms with Crippen molar-refractivity contribution in [1.82, 2.24) is 0 Å². The number of nitro groups is 1. The van der Waals surface area contributed by atoms with Gasteiger partial charge in [0.1, 0.15) is 6.61 Å². The van der Waals surface area contributed by atoms with Gasteiger partial charge in [0, 0.05) is 6.07 Å². The molecule has 0 bridgehead atoms. The molecule has 1 aromatic rings. The molecule has 7 nitrogen and oxygen atoms in total. The lowest BCUT2D eigenvalue weighted by Gasteiger charge is -2.21. The fourth-order valence-electron chi connectivity index (χ4n) is 1.52. The molecule has 110 valence electrons. The van der Waals surface area contributed by atoms with Crippen LogP contribution in [0.15, 0.2) is 18.2 Å². The van der Waals surface area contributed by atoms with Crippen molar-refractivity contribution >= 4 is 11.7 Å². The fraction of sp³-hybridized carbons (Fsp3) is 0.462. The molecule has 0 spiro atoms. The van der Waals surface area contributed by atoms with Crippen LogP contribution in [0.3, 0.4) is 0 Å². The van der Waals surface area contributed by atoms with Crippen LogP contribution in [0.5, 0.6) is 5.75 Å². The van der Waals surface area contributed by atoms with E-state index in [2.05, 4.69) is 4.74 Å². The Bertz CT molecular complexity index is 512. The summed E-state index contributed by atoms with van der Waals surface area (Å²) in [6.07, 6.45) is 0. The van der Waals surface area contributed by atoms with Gasteiger partial charge in [0.15, 0.2) is 5.75 Å². The normalized spacial score (nSPS) is 11.0. The van der Waals surface area contributed by atoms with E-state index in [4.69, 9.17) is 9.84 Å². The molecule has 0 aliphatic heterocycles. The van der Waals surface area contributed by atoms with Gasteiger partial charge in [-0.2, -0.15) is 0 Å². The first-order valence-electron chi connectivity index (χ1n) is 5.91. The van der Waals surface area contributed by atoms with Crippen LogP contribution in [-0.4, -0.2) is 29.7 Å². The van der Waals surface area contributed by atoms with Crippen molar-refractivity contribution < 1.29 is 24.3 Å².